The molecule has 6 nitrogen and oxygen atoms in total. The largest absolute Gasteiger partial charge is 0.459 e. The SMILES string of the molecule is CC(=O)N[C@@](C)(C(=O)OCc1c(C)nn(-c2ccccc2)c1Cl)C1CC1. The molecule has 0 unspecified atom stereocenters. The first-order valence-electron chi connectivity index (χ1n) is 8.58. The van der Waals surface area contributed by atoms with E-state index in [0.29, 0.717) is 16.4 Å². The summed E-state index contributed by atoms with van der Waals surface area (Å²) in [7, 11) is 0. The number of carbonyl (C=O) groups excluding carboxylic acids is 2. The standard InChI is InChI=1S/C19H22ClN3O3/c1-12-16(17(20)23(22-12)15-7-5-4-6-8-15)11-26-18(25)19(3,14-9-10-14)21-13(2)24/h4-8,14H,9-11H2,1-3H3,(H,21,24)/t19-/m1/s1. The molecule has 0 spiro atoms. The van der Waals surface area contributed by atoms with E-state index in [1.165, 1.54) is 6.92 Å². The summed E-state index contributed by atoms with van der Waals surface area (Å²) >= 11 is 6.46. The molecule has 1 aromatic carbocycles. The second-order valence-electron chi connectivity index (χ2n) is 6.84. The van der Waals surface area contributed by atoms with Gasteiger partial charge < -0.3 is 10.1 Å². The molecule has 138 valence electrons. The first-order chi connectivity index (χ1) is 12.3. The lowest BCUT2D eigenvalue weighted by atomic mass is 9.96. The minimum absolute atomic E-state index is 0.0121. The highest BCUT2D eigenvalue weighted by molar-refractivity contribution is 6.30. The summed E-state index contributed by atoms with van der Waals surface area (Å²) in [6, 6.07) is 9.51. The Morgan fingerprint density at radius 1 is 1.35 bits per heavy atom. The number of ether oxygens (including phenoxy) is 1. The molecule has 1 aliphatic carbocycles. The maximum Gasteiger partial charge on any atom is 0.332 e. The van der Waals surface area contributed by atoms with Crippen LogP contribution in [0.1, 0.15) is 37.9 Å². The van der Waals surface area contributed by atoms with Crippen LogP contribution in [0.15, 0.2) is 30.3 Å². The van der Waals surface area contributed by atoms with Gasteiger partial charge in [0.15, 0.2) is 0 Å². The number of rotatable bonds is 6. The summed E-state index contributed by atoms with van der Waals surface area (Å²) in [6.45, 7) is 4.95. The van der Waals surface area contributed by atoms with Crippen LogP contribution in [0.25, 0.3) is 5.69 Å². The number of benzene rings is 1. The summed E-state index contributed by atoms with van der Waals surface area (Å²) in [5.41, 5.74) is 1.19. The van der Waals surface area contributed by atoms with Gasteiger partial charge in [-0.3, -0.25) is 4.79 Å². The molecule has 1 aliphatic rings. The fraction of sp³-hybridized carbons (Fsp3) is 0.421. The van der Waals surface area contributed by atoms with Crippen molar-refractivity contribution in [2.75, 3.05) is 0 Å². The van der Waals surface area contributed by atoms with Crippen LogP contribution in [0, 0.1) is 12.8 Å². The van der Waals surface area contributed by atoms with Gasteiger partial charge in [-0.1, -0.05) is 29.8 Å². The lowest BCUT2D eigenvalue weighted by Gasteiger charge is -2.28. The highest BCUT2D eigenvalue weighted by Gasteiger charge is 2.49. The number of nitrogens with one attached hydrogen (secondary N) is 1. The number of esters is 1. The van der Waals surface area contributed by atoms with Crippen LogP contribution < -0.4 is 5.32 Å². The van der Waals surface area contributed by atoms with Gasteiger partial charge in [0, 0.05) is 12.5 Å². The minimum Gasteiger partial charge on any atom is -0.459 e. The van der Waals surface area contributed by atoms with Gasteiger partial charge in [0.25, 0.3) is 0 Å². The van der Waals surface area contributed by atoms with Crippen molar-refractivity contribution in [1.82, 2.24) is 15.1 Å². The average Bonchev–Trinajstić information content (AvgIpc) is 3.41. The number of aromatic nitrogens is 2. The maximum atomic E-state index is 12.6. The molecular formula is C19H22ClN3O3. The number of hydrogen-bond donors (Lipinski definition) is 1. The molecule has 0 aliphatic heterocycles. The molecule has 2 aromatic rings. The summed E-state index contributed by atoms with van der Waals surface area (Å²) in [5, 5.41) is 7.60. The van der Waals surface area contributed by atoms with E-state index in [1.54, 1.807) is 11.6 Å². The predicted molar refractivity (Wildman–Crippen MR) is 98.1 cm³/mol. The number of halogens is 1. The summed E-state index contributed by atoms with van der Waals surface area (Å²) in [5.74, 6) is -0.580. The zero-order chi connectivity index (χ0) is 18.9. The maximum absolute atomic E-state index is 12.6. The van der Waals surface area contributed by atoms with Gasteiger partial charge >= 0.3 is 5.97 Å². The van der Waals surface area contributed by atoms with Crippen molar-refractivity contribution in [3.8, 4) is 5.69 Å². The lowest BCUT2D eigenvalue weighted by molar-refractivity contribution is -0.155. The molecule has 1 fully saturated rings. The Kier molecular flexibility index (Phi) is 5.05. The van der Waals surface area contributed by atoms with Crippen molar-refractivity contribution in [2.24, 2.45) is 5.92 Å². The molecule has 0 saturated heterocycles. The third-order valence-corrected chi connectivity index (χ3v) is 5.11. The van der Waals surface area contributed by atoms with E-state index in [4.69, 9.17) is 16.3 Å². The Morgan fingerprint density at radius 3 is 2.58 bits per heavy atom. The second-order valence-corrected chi connectivity index (χ2v) is 7.19. The van der Waals surface area contributed by atoms with E-state index >= 15 is 0 Å². The van der Waals surface area contributed by atoms with Gasteiger partial charge in [-0.25, -0.2) is 9.48 Å². The number of aryl methyl sites for hydroxylation is 1. The molecule has 0 bridgehead atoms. The fourth-order valence-electron chi connectivity index (χ4n) is 3.07. The zero-order valence-corrected chi connectivity index (χ0v) is 15.8. The average molecular weight is 376 g/mol. The normalized spacial score (nSPS) is 16.0. The molecule has 1 N–H and O–H groups in total. The lowest BCUT2D eigenvalue weighted by Crippen LogP contribution is -2.54. The van der Waals surface area contributed by atoms with E-state index in [9.17, 15) is 9.59 Å². The van der Waals surface area contributed by atoms with E-state index in [1.807, 2.05) is 37.3 Å². The van der Waals surface area contributed by atoms with E-state index in [-0.39, 0.29) is 18.4 Å². The zero-order valence-electron chi connectivity index (χ0n) is 15.1. The molecule has 26 heavy (non-hydrogen) atoms. The van der Waals surface area contributed by atoms with Crippen LogP contribution >= 0.6 is 11.6 Å². The van der Waals surface area contributed by atoms with E-state index < -0.39 is 11.5 Å². The first-order valence-corrected chi connectivity index (χ1v) is 8.96. The molecule has 1 atom stereocenters. The summed E-state index contributed by atoms with van der Waals surface area (Å²) in [6.07, 6.45) is 1.80. The highest BCUT2D eigenvalue weighted by atomic mass is 35.5. The fourth-order valence-corrected chi connectivity index (χ4v) is 3.40. The highest BCUT2D eigenvalue weighted by Crippen LogP contribution is 2.40. The van der Waals surface area contributed by atoms with Crippen LogP contribution in [-0.2, 0) is 20.9 Å². The van der Waals surface area contributed by atoms with Crippen LogP contribution in [-0.4, -0.2) is 27.2 Å². The molecule has 1 aromatic heterocycles. The number of nitrogens with zero attached hydrogens (tertiary/aromatic N) is 2. The Hall–Kier alpha value is -2.34. The smallest absolute Gasteiger partial charge is 0.332 e. The molecule has 7 heteroatoms. The Morgan fingerprint density at radius 2 is 2.00 bits per heavy atom. The van der Waals surface area contributed by atoms with Crippen molar-refractivity contribution < 1.29 is 14.3 Å². The first kappa shape index (κ1) is 18.5. The summed E-state index contributed by atoms with van der Waals surface area (Å²) < 4.78 is 7.13. The summed E-state index contributed by atoms with van der Waals surface area (Å²) in [4.78, 5) is 24.1. The van der Waals surface area contributed by atoms with Crippen LogP contribution in [0.5, 0.6) is 0 Å². The Labute approximate surface area is 157 Å². The van der Waals surface area contributed by atoms with Crippen molar-refractivity contribution in [1.29, 1.82) is 0 Å². The van der Waals surface area contributed by atoms with Gasteiger partial charge in [-0.05, 0) is 44.7 Å². The topological polar surface area (TPSA) is 73.2 Å². The van der Waals surface area contributed by atoms with Crippen molar-refractivity contribution in [3.63, 3.8) is 0 Å². The van der Waals surface area contributed by atoms with Gasteiger partial charge in [-0.2, -0.15) is 5.10 Å². The van der Waals surface area contributed by atoms with Gasteiger partial charge in [0.2, 0.25) is 5.91 Å². The minimum atomic E-state index is -0.998. The van der Waals surface area contributed by atoms with Gasteiger partial charge in [0.05, 0.1) is 11.4 Å². The number of para-hydroxylation sites is 1. The number of hydrogen-bond acceptors (Lipinski definition) is 4. The Balaban J connectivity index is 1.76. The number of amides is 1. The third-order valence-electron chi connectivity index (χ3n) is 4.72. The van der Waals surface area contributed by atoms with E-state index in [0.717, 1.165) is 18.5 Å². The molecule has 1 heterocycles. The molecular weight excluding hydrogens is 354 g/mol. The quantitative estimate of drug-likeness (QED) is 0.787. The molecule has 0 radical (unpaired) electrons. The van der Waals surface area contributed by atoms with E-state index in [2.05, 4.69) is 10.4 Å². The molecule has 1 saturated carbocycles. The van der Waals surface area contributed by atoms with Gasteiger partial charge in [0.1, 0.15) is 17.3 Å². The van der Waals surface area contributed by atoms with Crippen LogP contribution in [0.2, 0.25) is 5.15 Å². The van der Waals surface area contributed by atoms with Crippen LogP contribution in [0.4, 0.5) is 0 Å². The van der Waals surface area contributed by atoms with Crippen LogP contribution in [0.3, 0.4) is 0 Å². The second kappa shape index (κ2) is 7.11. The predicted octanol–water partition coefficient (Wildman–Crippen LogP) is 3.18. The molecule has 1 amide bonds. The van der Waals surface area contributed by atoms with Gasteiger partial charge in [-0.15, -0.1) is 0 Å². The molecule has 3 rings (SSSR count). The van der Waals surface area contributed by atoms with Crippen molar-refractivity contribution >= 4 is 23.5 Å². The van der Waals surface area contributed by atoms with Crippen molar-refractivity contribution in [3.05, 3.63) is 46.7 Å². The third kappa shape index (κ3) is 3.60. The Bertz CT molecular complexity index is 830. The monoisotopic (exact) mass is 375 g/mol. The van der Waals surface area contributed by atoms with Crippen molar-refractivity contribution in [2.45, 2.75) is 45.8 Å². The number of carbonyl (C=O) groups is 2.